The molecule has 2 aromatic rings. The highest BCUT2D eigenvalue weighted by molar-refractivity contribution is 6.31. The molecule has 0 bridgehead atoms. The number of aryl methyl sites for hydroxylation is 1. The molecule has 0 saturated heterocycles. The normalized spacial score (nSPS) is 10.8. The average Bonchev–Trinajstić information content (AvgIpc) is 2.66. The van der Waals surface area contributed by atoms with Crippen LogP contribution >= 0.6 is 11.6 Å². The fraction of sp³-hybridized carbons (Fsp3) is 0.250. The molecule has 0 aliphatic carbocycles. The van der Waals surface area contributed by atoms with E-state index in [9.17, 15) is 8.78 Å². The van der Waals surface area contributed by atoms with Gasteiger partial charge >= 0.3 is 0 Å². The van der Waals surface area contributed by atoms with Gasteiger partial charge in [0, 0.05) is 11.4 Å². The second kappa shape index (κ2) is 5.27. The van der Waals surface area contributed by atoms with E-state index in [2.05, 4.69) is 4.98 Å². The van der Waals surface area contributed by atoms with E-state index in [1.807, 2.05) is 0 Å². The maximum absolute atomic E-state index is 11.8. The smallest absolute Gasteiger partial charge is 0.266 e. The minimum absolute atomic E-state index is 0.321. The summed E-state index contributed by atoms with van der Waals surface area (Å²) < 4.78 is 29.0. The Balaban J connectivity index is 2.02. The summed E-state index contributed by atoms with van der Waals surface area (Å²) >= 11 is 5.82. The number of benzene rings is 1. The van der Waals surface area contributed by atoms with E-state index < -0.39 is 6.08 Å². The molecule has 0 amide bonds. The number of allylic oxidation sites excluding steroid dienone is 1. The number of unbranched alkanes of at least 4 members (excludes halogenated alkanes) is 1. The van der Waals surface area contributed by atoms with Gasteiger partial charge in [0.1, 0.15) is 5.52 Å². The molecule has 0 atom stereocenters. The summed E-state index contributed by atoms with van der Waals surface area (Å²) in [6.45, 7) is 0. The maximum atomic E-state index is 11.8. The van der Waals surface area contributed by atoms with E-state index in [1.54, 1.807) is 18.2 Å². The third-order valence-electron chi connectivity index (χ3n) is 2.29. The highest BCUT2D eigenvalue weighted by Crippen LogP contribution is 2.20. The predicted octanol–water partition coefficient (Wildman–Crippen LogP) is 4.58. The van der Waals surface area contributed by atoms with Gasteiger partial charge in [0.05, 0.1) is 0 Å². The van der Waals surface area contributed by atoms with Crippen molar-refractivity contribution in [1.82, 2.24) is 4.98 Å². The summed E-state index contributed by atoms with van der Waals surface area (Å²) in [5.74, 6) is 0.551. The lowest BCUT2D eigenvalue weighted by Crippen LogP contribution is -1.83. The second-order valence-electron chi connectivity index (χ2n) is 3.61. The zero-order valence-corrected chi connectivity index (χ0v) is 9.68. The van der Waals surface area contributed by atoms with Crippen LogP contribution in [0.4, 0.5) is 8.78 Å². The van der Waals surface area contributed by atoms with Crippen LogP contribution in [-0.2, 0) is 6.42 Å². The molecule has 0 fully saturated rings. The Morgan fingerprint density at radius 1 is 1.41 bits per heavy atom. The highest BCUT2D eigenvalue weighted by atomic mass is 35.5. The van der Waals surface area contributed by atoms with Crippen LogP contribution in [0.2, 0.25) is 5.02 Å². The number of aromatic nitrogens is 1. The van der Waals surface area contributed by atoms with Gasteiger partial charge in [-0.25, -0.2) is 4.98 Å². The molecule has 0 saturated carbocycles. The number of halogens is 3. The van der Waals surface area contributed by atoms with Crippen molar-refractivity contribution in [3.05, 3.63) is 41.3 Å². The zero-order chi connectivity index (χ0) is 12.3. The topological polar surface area (TPSA) is 26.0 Å². The van der Waals surface area contributed by atoms with Gasteiger partial charge in [0.2, 0.25) is 0 Å². The van der Waals surface area contributed by atoms with Gasteiger partial charge in [-0.3, -0.25) is 0 Å². The average molecular weight is 258 g/mol. The van der Waals surface area contributed by atoms with Crippen molar-refractivity contribution < 1.29 is 13.2 Å². The number of fused-ring (bicyclic) bond motifs is 1. The molecular weight excluding hydrogens is 248 g/mol. The first kappa shape index (κ1) is 12.0. The molecular formula is C12H10ClF2NO. The molecule has 0 aliphatic heterocycles. The first-order valence-corrected chi connectivity index (χ1v) is 5.59. The molecule has 1 heterocycles. The Morgan fingerprint density at radius 3 is 3.00 bits per heavy atom. The molecule has 2 nitrogen and oxygen atoms in total. The Morgan fingerprint density at radius 2 is 2.24 bits per heavy atom. The molecule has 0 spiro atoms. The maximum Gasteiger partial charge on any atom is 0.266 e. The van der Waals surface area contributed by atoms with Crippen LogP contribution in [0.1, 0.15) is 18.7 Å². The lowest BCUT2D eigenvalue weighted by Gasteiger charge is -1.91. The second-order valence-corrected chi connectivity index (χ2v) is 4.04. The first-order valence-electron chi connectivity index (χ1n) is 5.21. The molecule has 90 valence electrons. The van der Waals surface area contributed by atoms with Crippen LogP contribution in [0.3, 0.4) is 0 Å². The molecule has 2 rings (SSSR count). The Bertz CT molecular complexity index is 546. The summed E-state index contributed by atoms with van der Waals surface area (Å²) in [4.78, 5) is 4.23. The van der Waals surface area contributed by atoms with Crippen LogP contribution in [0.5, 0.6) is 0 Å². The Hall–Kier alpha value is -1.42. The number of rotatable bonds is 4. The lowest BCUT2D eigenvalue weighted by atomic mass is 10.2. The summed E-state index contributed by atoms with van der Waals surface area (Å²) in [6, 6.07) is 5.18. The molecule has 1 aromatic carbocycles. The number of hydrogen-bond acceptors (Lipinski definition) is 2. The largest absolute Gasteiger partial charge is 0.441 e. The zero-order valence-electron chi connectivity index (χ0n) is 8.92. The van der Waals surface area contributed by atoms with Crippen molar-refractivity contribution in [2.75, 3.05) is 0 Å². The standard InChI is InChI=1S/C12H10ClF2NO/c13-8-5-6-10-9(7-8)16-12(17-10)4-2-1-3-11(14)15/h3,5-7H,1-2,4H2. The molecule has 0 N–H and O–H groups in total. The van der Waals surface area contributed by atoms with E-state index in [-0.39, 0.29) is 0 Å². The van der Waals surface area contributed by atoms with Crippen molar-refractivity contribution in [1.29, 1.82) is 0 Å². The molecule has 1 aromatic heterocycles. The van der Waals surface area contributed by atoms with E-state index in [0.717, 1.165) is 6.08 Å². The number of nitrogens with zero attached hydrogens (tertiary/aromatic N) is 1. The van der Waals surface area contributed by atoms with E-state index in [4.69, 9.17) is 16.0 Å². The SMILES string of the molecule is FC(F)=CCCCc1nc2cc(Cl)ccc2o1. The summed E-state index contributed by atoms with van der Waals surface area (Å²) in [6.07, 6.45) is 0.698. The lowest BCUT2D eigenvalue weighted by molar-refractivity contribution is 0.416. The highest BCUT2D eigenvalue weighted by Gasteiger charge is 2.05. The van der Waals surface area contributed by atoms with Gasteiger partial charge in [0.25, 0.3) is 6.08 Å². The van der Waals surface area contributed by atoms with Gasteiger partial charge in [-0.2, -0.15) is 8.78 Å². The van der Waals surface area contributed by atoms with Gasteiger partial charge in [-0.05, 0) is 37.1 Å². The Kier molecular flexibility index (Phi) is 3.74. The number of hydrogen-bond donors (Lipinski definition) is 0. The third-order valence-corrected chi connectivity index (χ3v) is 2.52. The van der Waals surface area contributed by atoms with E-state index in [0.29, 0.717) is 41.3 Å². The van der Waals surface area contributed by atoms with Crippen molar-refractivity contribution in [2.24, 2.45) is 0 Å². The van der Waals surface area contributed by atoms with Crippen molar-refractivity contribution in [3.8, 4) is 0 Å². The van der Waals surface area contributed by atoms with Gasteiger partial charge in [-0.15, -0.1) is 0 Å². The monoisotopic (exact) mass is 257 g/mol. The molecule has 5 heteroatoms. The molecule has 0 aliphatic rings. The van der Waals surface area contributed by atoms with E-state index in [1.165, 1.54) is 0 Å². The van der Waals surface area contributed by atoms with E-state index >= 15 is 0 Å². The molecule has 0 unspecified atom stereocenters. The van der Waals surface area contributed by atoms with Gasteiger partial charge in [0.15, 0.2) is 11.5 Å². The quantitative estimate of drug-likeness (QED) is 0.749. The predicted molar refractivity (Wildman–Crippen MR) is 62.3 cm³/mol. The van der Waals surface area contributed by atoms with Crippen LogP contribution in [0.15, 0.2) is 34.8 Å². The third kappa shape index (κ3) is 3.27. The van der Waals surface area contributed by atoms with Crippen molar-refractivity contribution >= 4 is 22.7 Å². The van der Waals surface area contributed by atoms with Crippen molar-refractivity contribution in [2.45, 2.75) is 19.3 Å². The summed E-state index contributed by atoms with van der Waals surface area (Å²) in [5, 5.41) is 0.597. The fourth-order valence-corrected chi connectivity index (χ4v) is 1.69. The molecule has 17 heavy (non-hydrogen) atoms. The number of oxazole rings is 1. The van der Waals surface area contributed by atoms with Crippen LogP contribution < -0.4 is 0 Å². The Labute approximate surface area is 102 Å². The van der Waals surface area contributed by atoms with Gasteiger partial charge < -0.3 is 4.42 Å². The fourth-order valence-electron chi connectivity index (χ4n) is 1.52. The minimum atomic E-state index is -1.64. The van der Waals surface area contributed by atoms with Crippen LogP contribution in [0.25, 0.3) is 11.1 Å². The van der Waals surface area contributed by atoms with Crippen molar-refractivity contribution in [3.63, 3.8) is 0 Å². The minimum Gasteiger partial charge on any atom is -0.441 e. The summed E-state index contributed by atoms with van der Waals surface area (Å²) in [5.41, 5.74) is 1.36. The van der Waals surface area contributed by atoms with Crippen LogP contribution in [-0.4, -0.2) is 4.98 Å². The first-order chi connectivity index (χ1) is 8.15. The summed E-state index contributed by atoms with van der Waals surface area (Å²) in [7, 11) is 0. The molecule has 0 radical (unpaired) electrons. The van der Waals surface area contributed by atoms with Crippen LogP contribution in [0, 0.1) is 0 Å². The van der Waals surface area contributed by atoms with Gasteiger partial charge in [-0.1, -0.05) is 11.6 Å².